The van der Waals surface area contributed by atoms with Crippen LogP contribution in [0.3, 0.4) is 0 Å². The van der Waals surface area contributed by atoms with Crippen molar-refractivity contribution in [3.05, 3.63) is 91.0 Å². The van der Waals surface area contributed by atoms with E-state index in [9.17, 15) is 24.0 Å². The van der Waals surface area contributed by atoms with Crippen LogP contribution in [0, 0.1) is 0 Å². The van der Waals surface area contributed by atoms with E-state index in [1.54, 1.807) is 0 Å². The molecule has 240 valence electrons. The number of thioether (sulfide) groups is 1. The predicted octanol–water partition coefficient (Wildman–Crippen LogP) is -1.70. The Balaban J connectivity index is 0.00000705. The van der Waals surface area contributed by atoms with Crippen LogP contribution < -0.4 is 49.3 Å². The summed E-state index contributed by atoms with van der Waals surface area (Å²) in [5.74, 6) is -2.61. The number of hydrogen-bond acceptors (Lipinski definition) is 9. The summed E-state index contributed by atoms with van der Waals surface area (Å²) >= 11 is 0.937. The Kier molecular flexibility index (Phi) is 15.9. The van der Waals surface area contributed by atoms with Crippen LogP contribution in [0.5, 0.6) is 0 Å². The van der Waals surface area contributed by atoms with Gasteiger partial charge in [-0.2, -0.15) is 0 Å². The highest BCUT2D eigenvalue weighted by Gasteiger charge is 2.47. The first-order valence-electron chi connectivity index (χ1n) is 13.9. The molecule has 0 heterocycles. The molecule has 10 nitrogen and oxygen atoms in total. The van der Waals surface area contributed by atoms with Crippen LogP contribution in [-0.4, -0.2) is 73.6 Å². The number of nitrogens with one attached hydrogen (secondary N) is 2. The van der Waals surface area contributed by atoms with Gasteiger partial charge >= 0.3 is 11.9 Å². The number of benzene rings is 3. The molecule has 2 amide bonds. The summed E-state index contributed by atoms with van der Waals surface area (Å²) in [6, 6.07) is 27.6. The fourth-order valence-electron chi connectivity index (χ4n) is 4.54. The SMILES string of the molecule is COC(=O)CNC(=O)C(CSC(=O)C[P+](c1ccccc1)(c1ccccc1)c1ccccc1)NC(=O)CCC(N)C(=O)OC.[Br-]. The Bertz CT molecular complexity index is 1320. The van der Waals surface area contributed by atoms with Crippen molar-refractivity contribution in [2.24, 2.45) is 5.73 Å². The fraction of sp³-hybridized carbons (Fsp3) is 0.281. The van der Waals surface area contributed by atoms with Gasteiger partial charge in [-0.1, -0.05) is 66.4 Å². The molecule has 0 aliphatic heterocycles. The van der Waals surface area contributed by atoms with E-state index < -0.39 is 49.6 Å². The molecule has 3 aromatic rings. The van der Waals surface area contributed by atoms with Crippen LogP contribution >= 0.6 is 19.0 Å². The maximum atomic E-state index is 13.8. The first-order chi connectivity index (χ1) is 21.2. The maximum Gasteiger partial charge on any atom is 0.325 e. The molecule has 2 atom stereocenters. The average molecular weight is 719 g/mol. The Hall–Kier alpha value is -3.57. The van der Waals surface area contributed by atoms with Gasteiger partial charge in [0.15, 0.2) is 0 Å². The molecule has 0 fully saturated rings. The van der Waals surface area contributed by atoms with E-state index >= 15 is 0 Å². The minimum Gasteiger partial charge on any atom is -1.00 e. The van der Waals surface area contributed by atoms with Crippen LogP contribution in [0.4, 0.5) is 0 Å². The van der Waals surface area contributed by atoms with Crippen molar-refractivity contribution in [2.75, 3.05) is 32.7 Å². The van der Waals surface area contributed by atoms with E-state index in [-0.39, 0.29) is 46.9 Å². The second kappa shape index (κ2) is 19.1. The molecule has 0 spiro atoms. The quantitative estimate of drug-likeness (QED) is 0.123. The lowest BCUT2D eigenvalue weighted by atomic mass is 10.1. The van der Waals surface area contributed by atoms with Crippen LogP contribution in [-0.2, 0) is 33.4 Å². The van der Waals surface area contributed by atoms with Crippen LogP contribution in [0.1, 0.15) is 12.8 Å². The maximum absolute atomic E-state index is 13.8. The summed E-state index contributed by atoms with van der Waals surface area (Å²) < 4.78 is 9.17. The Morgan fingerprint density at radius 3 is 1.73 bits per heavy atom. The zero-order valence-corrected chi connectivity index (χ0v) is 28.3. The third-order valence-corrected chi connectivity index (χ3v) is 12.3. The zero-order chi connectivity index (χ0) is 32.0. The Morgan fingerprint density at radius 2 is 1.29 bits per heavy atom. The van der Waals surface area contributed by atoms with Gasteiger partial charge < -0.3 is 42.8 Å². The molecule has 0 aliphatic carbocycles. The van der Waals surface area contributed by atoms with Crippen molar-refractivity contribution in [1.82, 2.24) is 10.6 Å². The third kappa shape index (κ3) is 10.8. The second-order valence-corrected chi connectivity index (χ2v) is 14.3. The smallest absolute Gasteiger partial charge is 0.325 e. The van der Waals surface area contributed by atoms with Gasteiger partial charge in [-0.3, -0.25) is 24.0 Å². The van der Waals surface area contributed by atoms with E-state index in [1.807, 2.05) is 91.0 Å². The molecule has 0 aliphatic rings. The first-order valence-corrected chi connectivity index (χ1v) is 16.8. The summed E-state index contributed by atoms with van der Waals surface area (Å²) in [4.78, 5) is 62.8. The normalized spacial score (nSPS) is 12.1. The number of carbonyl (C=O) groups is 5. The molecule has 4 N–H and O–H groups in total. The minimum absolute atomic E-state index is 0. The van der Waals surface area contributed by atoms with Gasteiger partial charge in [-0.15, -0.1) is 0 Å². The number of hydrogen-bond donors (Lipinski definition) is 3. The molecule has 0 radical (unpaired) electrons. The van der Waals surface area contributed by atoms with Gasteiger partial charge in [0.1, 0.15) is 48.0 Å². The minimum atomic E-state index is -2.46. The summed E-state index contributed by atoms with van der Waals surface area (Å²) in [5, 5.41) is 7.99. The van der Waals surface area contributed by atoms with E-state index in [0.717, 1.165) is 27.7 Å². The van der Waals surface area contributed by atoms with Gasteiger partial charge in [0, 0.05) is 12.2 Å². The first kappa shape index (κ1) is 37.6. The summed E-state index contributed by atoms with van der Waals surface area (Å²) in [6.45, 7) is -0.405. The van der Waals surface area contributed by atoms with Gasteiger partial charge in [0.05, 0.1) is 14.2 Å². The number of halogens is 1. The highest BCUT2D eigenvalue weighted by Crippen LogP contribution is 2.55. The molecule has 3 rings (SSSR count). The topological polar surface area (TPSA) is 154 Å². The number of nitrogens with two attached hydrogens (primary N) is 1. The van der Waals surface area contributed by atoms with Crippen LogP contribution in [0.25, 0.3) is 0 Å². The lowest BCUT2D eigenvalue weighted by molar-refractivity contribution is -0.142. The molecule has 45 heavy (non-hydrogen) atoms. The van der Waals surface area contributed by atoms with Crippen molar-refractivity contribution < 1.29 is 50.4 Å². The zero-order valence-electron chi connectivity index (χ0n) is 25.0. The van der Waals surface area contributed by atoms with E-state index in [0.29, 0.717) is 0 Å². The van der Waals surface area contributed by atoms with Crippen molar-refractivity contribution >= 4 is 63.8 Å². The largest absolute Gasteiger partial charge is 1.00 e. The van der Waals surface area contributed by atoms with Gasteiger partial charge in [-0.05, 0) is 42.8 Å². The number of rotatable bonds is 15. The van der Waals surface area contributed by atoms with Crippen molar-refractivity contribution in [2.45, 2.75) is 24.9 Å². The predicted molar refractivity (Wildman–Crippen MR) is 174 cm³/mol. The van der Waals surface area contributed by atoms with Crippen molar-refractivity contribution in [3.63, 3.8) is 0 Å². The van der Waals surface area contributed by atoms with Crippen LogP contribution in [0.2, 0.25) is 0 Å². The van der Waals surface area contributed by atoms with Gasteiger partial charge in [0.2, 0.25) is 16.9 Å². The van der Waals surface area contributed by atoms with Crippen molar-refractivity contribution in [1.29, 1.82) is 0 Å². The number of esters is 2. The molecule has 0 saturated heterocycles. The third-order valence-electron chi connectivity index (χ3n) is 6.84. The monoisotopic (exact) mass is 717 g/mol. The van der Waals surface area contributed by atoms with Gasteiger partial charge in [-0.25, -0.2) is 0 Å². The van der Waals surface area contributed by atoms with Crippen LogP contribution in [0.15, 0.2) is 91.0 Å². The molecule has 0 bridgehead atoms. The molecule has 2 unspecified atom stereocenters. The number of ether oxygens (including phenoxy) is 2. The lowest BCUT2D eigenvalue weighted by Crippen LogP contribution is -3.00. The average Bonchev–Trinajstić information content (AvgIpc) is 3.07. The van der Waals surface area contributed by atoms with E-state index in [2.05, 4.69) is 20.1 Å². The fourth-order valence-corrected chi connectivity index (χ4v) is 9.95. The Morgan fingerprint density at radius 1 is 0.800 bits per heavy atom. The molecular formula is C32H37BrN3O7PS. The van der Waals surface area contributed by atoms with Gasteiger partial charge in [0.25, 0.3) is 0 Å². The summed E-state index contributed by atoms with van der Waals surface area (Å²) in [6.07, 6.45) is 0.0216. The Labute approximate surface area is 278 Å². The number of carbonyl (C=O) groups excluding carboxylic acids is 5. The van der Waals surface area contributed by atoms with E-state index in [4.69, 9.17) is 5.73 Å². The number of amides is 2. The lowest BCUT2D eigenvalue weighted by Gasteiger charge is -2.27. The molecule has 0 saturated carbocycles. The molecule has 13 heteroatoms. The summed E-state index contributed by atoms with van der Waals surface area (Å²) in [7, 11) is -0.0761. The molecule has 3 aromatic carbocycles. The second-order valence-electron chi connectivity index (χ2n) is 9.74. The highest BCUT2D eigenvalue weighted by atomic mass is 79.9. The number of methoxy groups -OCH3 is 2. The highest BCUT2D eigenvalue weighted by molar-refractivity contribution is 8.15. The summed E-state index contributed by atoms with van der Waals surface area (Å²) in [5.41, 5.74) is 5.73. The standard InChI is InChI=1S/C32H36N3O7PS.BrH/c1-41-29(37)20-34-31(39)27(35-28(36)19-18-26(33)32(40)42-2)22-44-30(38)21-43(23-12-6-3-7-13-23,24-14-8-4-9-15-24)25-16-10-5-11-17-25;/h3-17,26-27H,18-22,33H2,1-2H3,(H-,34,35,36,39);1H. The molecule has 0 aromatic heterocycles. The molecular weight excluding hydrogens is 681 g/mol. The van der Waals surface area contributed by atoms with E-state index in [1.165, 1.54) is 14.2 Å². The van der Waals surface area contributed by atoms with Crippen molar-refractivity contribution in [3.8, 4) is 0 Å².